The monoisotopic (exact) mass is 297 g/mol. The van der Waals surface area contributed by atoms with E-state index in [0.29, 0.717) is 12.1 Å². The van der Waals surface area contributed by atoms with Crippen molar-refractivity contribution in [3.05, 3.63) is 28.8 Å². The van der Waals surface area contributed by atoms with Crippen LogP contribution in [-0.2, 0) is 14.3 Å². The van der Waals surface area contributed by atoms with E-state index in [1.54, 1.807) is 0 Å². The maximum Gasteiger partial charge on any atom is 0.339 e. The normalized spacial score (nSPS) is 20.1. The van der Waals surface area contributed by atoms with E-state index in [1.807, 2.05) is 0 Å². The SMILES string of the molecule is COC(=O)c1cc(NC(=O)C2CC2C(=O)O)ccc1Cl. The molecule has 0 saturated heterocycles. The number of hydrogen-bond acceptors (Lipinski definition) is 4. The van der Waals surface area contributed by atoms with Gasteiger partial charge in [0.25, 0.3) is 0 Å². The standard InChI is InChI=1S/C13H12ClNO5/c1-20-13(19)9-4-6(2-3-10(9)14)15-11(16)7-5-8(7)12(17)18/h2-4,7-8H,5H2,1H3,(H,15,16)(H,17,18). The van der Waals surface area contributed by atoms with E-state index in [1.165, 1.54) is 25.3 Å². The van der Waals surface area contributed by atoms with Gasteiger partial charge in [-0.1, -0.05) is 11.6 Å². The molecule has 0 heterocycles. The molecule has 1 fully saturated rings. The summed E-state index contributed by atoms with van der Waals surface area (Å²) in [5, 5.41) is 11.5. The Balaban J connectivity index is 2.09. The molecule has 2 N–H and O–H groups in total. The van der Waals surface area contributed by atoms with Crippen molar-refractivity contribution >= 4 is 35.1 Å². The van der Waals surface area contributed by atoms with Gasteiger partial charge >= 0.3 is 11.9 Å². The fourth-order valence-corrected chi connectivity index (χ4v) is 2.06. The number of carboxylic acids is 1. The summed E-state index contributed by atoms with van der Waals surface area (Å²) in [7, 11) is 1.23. The lowest BCUT2D eigenvalue weighted by Gasteiger charge is -2.07. The van der Waals surface area contributed by atoms with E-state index in [9.17, 15) is 14.4 Å². The number of aliphatic carboxylic acids is 1. The quantitative estimate of drug-likeness (QED) is 0.826. The molecule has 0 bridgehead atoms. The van der Waals surface area contributed by atoms with E-state index < -0.39 is 23.8 Å². The van der Waals surface area contributed by atoms with Crippen molar-refractivity contribution in [3.63, 3.8) is 0 Å². The molecule has 2 atom stereocenters. The molecule has 0 spiro atoms. The number of esters is 1. The lowest BCUT2D eigenvalue weighted by Crippen LogP contribution is -2.17. The van der Waals surface area contributed by atoms with Crippen LogP contribution in [0.4, 0.5) is 5.69 Å². The van der Waals surface area contributed by atoms with E-state index in [0.717, 1.165) is 0 Å². The molecular formula is C13H12ClNO5. The summed E-state index contributed by atoms with van der Waals surface area (Å²) < 4.78 is 4.57. The fraction of sp³-hybridized carbons (Fsp3) is 0.308. The Morgan fingerprint density at radius 2 is 2.05 bits per heavy atom. The van der Waals surface area contributed by atoms with Crippen LogP contribution in [0.15, 0.2) is 18.2 Å². The van der Waals surface area contributed by atoms with Crippen LogP contribution in [0.25, 0.3) is 0 Å². The maximum absolute atomic E-state index is 11.8. The second kappa shape index (κ2) is 5.50. The highest BCUT2D eigenvalue weighted by molar-refractivity contribution is 6.33. The summed E-state index contributed by atoms with van der Waals surface area (Å²) in [6, 6.07) is 4.39. The van der Waals surface area contributed by atoms with Crippen molar-refractivity contribution in [3.8, 4) is 0 Å². The Morgan fingerprint density at radius 3 is 2.60 bits per heavy atom. The molecule has 1 amide bonds. The first kappa shape index (κ1) is 14.3. The number of ether oxygens (including phenoxy) is 1. The number of carboxylic acid groups (broad SMARTS) is 1. The molecule has 0 aliphatic heterocycles. The number of anilines is 1. The van der Waals surface area contributed by atoms with Gasteiger partial charge in [-0.05, 0) is 24.6 Å². The van der Waals surface area contributed by atoms with Crippen LogP contribution in [0.3, 0.4) is 0 Å². The van der Waals surface area contributed by atoms with Crippen molar-refractivity contribution in [2.45, 2.75) is 6.42 Å². The molecule has 1 aromatic carbocycles. The number of rotatable bonds is 4. The molecule has 1 saturated carbocycles. The summed E-state index contributed by atoms with van der Waals surface area (Å²) in [4.78, 5) is 34.0. The number of halogens is 1. The van der Waals surface area contributed by atoms with Crippen molar-refractivity contribution in [2.75, 3.05) is 12.4 Å². The molecule has 0 aromatic heterocycles. The molecular weight excluding hydrogens is 286 g/mol. The minimum Gasteiger partial charge on any atom is -0.481 e. The van der Waals surface area contributed by atoms with Crippen LogP contribution in [0.1, 0.15) is 16.8 Å². The predicted molar refractivity (Wildman–Crippen MR) is 70.7 cm³/mol. The summed E-state index contributed by atoms with van der Waals surface area (Å²) in [6.45, 7) is 0. The van der Waals surface area contributed by atoms with Crippen molar-refractivity contribution in [2.24, 2.45) is 11.8 Å². The third kappa shape index (κ3) is 2.91. The zero-order valence-corrected chi connectivity index (χ0v) is 11.3. The molecule has 106 valence electrons. The predicted octanol–water partition coefficient (Wildman–Crippen LogP) is 1.79. The van der Waals surface area contributed by atoms with Crippen LogP contribution in [0, 0.1) is 11.8 Å². The average molecular weight is 298 g/mol. The number of carbonyl (C=O) groups is 3. The number of nitrogens with one attached hydrogen (secondary N) is 1. The van der Waals surface area contributed by atoms with Gasteiger partial charge in [-0.2, -0.15) is 0 Å². The molecule has 1 aromatic rings. The summed E-state index contributed by atoms with van der Waals surface area (Å²) in [5.74, 6) is -3.11. The maximum atomic E-state index is 11.8. The van der Waals surface area contributed by atoms with Crippen molar-refractivity contribution in [1.82, 2.24) is 0 Å². The summed E-state index contributed by atoms with van der Waals surface area (Å²) in [5.41, 5.74) is 0.508. The van der Waals surface area contributed by atoms with Gasteiger partial charge in [0.2, 0.25) is 5.91 Å². The Hall–Kier alpha value is -2.08. The zero-order chi connectivity index (χ0) is 14.9. The Bertz CT molecular complexity index is 586. The number of carbonyl (C=O) groups excluding carboxylic acids is 2. The van der Waals surface area contributed by atoms with Crippen LogP contribution in [0.2, 0.25) is 5.02 Å². The van der Waals surface area contributed by atoms with Gasteiger partial charge in [0.05, 0.1) is 29.5 Å². The first-order chi connectivity index (χ1) is 9.43. The third-order valence-corrected chi connectivity index (χ3v) is 3.41. The summed E-state index contributed by atoms with van der Waals surface area (Å²) in [6.07, 6.45) is 0.332. The second-order valence-electron chi connectivity index (χ2n) is 4.46. The number of amides is 1. The largest absolute Gasteiger partial charge is 0.481 e. The van der Waals surface area contributed by atoms with Crippen LogP contribution < -0.4 is 5.32 Å². The smallest absolute Gasteiger partial charge is 0.339 e. The third-order valence-electron chi connectivity index (χ3n) is 3.08. The van der Waals surface area contributed by atoms with Crippen LogP contribution >= 0.6 is 11.6 Å². The van der Waals surface area contributed by atoms with Crippen LogP contribution in [0.5, 0.6) is 0 Å². The fourth-order valence-electron chi connectivity index (χ4n) is 1.86. The van der Waals surface area contributed by atoms with Crippen LogP contribution in [-0.4, -0.2) is 30.1 Å². The second-order valence-corrected chi connectivity index (χ2v) is 4.87. The lowest BCUT2D eigenvalue weighted by molar-refractivity contribution is -0.139. The van der Waals surface area contributed by atoms with Gasteiger partial charge in [0, 0.05) is 5.69 Å². The van der Waals surface area contributed by atoms with Gasteiger partial charge in [0.1, 0.15) is 0 Å². The highest BCUT2D eigenvalue weighted by atomic mass is 35.5. The topological polar surface area (TPSA) is 92.7 Å². The highest BCUT2D eigenvalue weighted by Crippen LogP contribution is 2.39. The van der Waals surface area contributed by atoms with Gasteiger partial charge in [0.15, 0.2) is 0 Å². The first-order valence-electron chi connectivity index (χ1n) is 5.85. The average Bonchev–Trinajstić information content (AvgIpc) is 3.20. The number of hydrogen-bond donors (Lipinski definition) is 2. The van der Waals surface area contributed by atoms with Crippen molar-refractivity contribution in [1.29, 1.82) is 0 Å². The molecule has 2 rings (SSSR count). The molecule has 0 radical (unpaired) electrons. The number of benzene rings is 1. The van der Waals surface area contributed by atoms with Gasteiger partial charge < -0.3 is 15.2 Å². The van der Waals surface area contributed by atoms with E-state index in [-0.39, 0.29) is 16.5 Å². The Kier molecular flexibility index (Phi) is 3.94. The van der Waals surface area contributed by atoms with Gasteiger partial charge in [-0.3, -0.25) is 9.59 Å². The first-order valence-corrected chi connectivity index (χ1v) is 6.23. The molecule has 7 heteroatoms. The zero-order valence-electron chi connectivity index (χ0n) is 10.6. The molecule has 20 heavy (non-hydrogen) atoms. The number of methoxy groups -OCH3 is 1. The van der Waals surface area contributed by atoms with Crippen molar-refractivity contribution < 1.29 is 24.2 Å². The molecule has 6 nitrogen and oxygen atoms in total. The molecule has 1 aliphatic rings. The molecule has 2 unspecified atom stereocenters. The summed E-state index contributed by atoms with van der Waals surface area (Å²) >= 11 is 5.85. The molecule has 1 aliphatic carbocycles. The van der Waals surface area contributed by atoms with E-state index in [2.05, 4.69) is 10.1 Å². The minimum absolute atomic E-state index is 0.137. The van der Waals surface area contributed by atoms with E-state index in [4.69, 9.17) is 16.7 Å². The van der Waals surface area contributed by atoms with Gasteiger partial charge in [-0.15, -0.1) is 0 Å². The van der Waals surface area contributed by atoms with E-state index >= 15 is 0 Å². The minimum atomic E-state index is -0.975. The lowest BCUT2D eigenvalue weighted by atomic mass is 10.2. The highest BCUT2D eigenvalue weighted by Gasteiger charge is 2.48. The Labute approximate surface area is 119 Å². The van der Waals surface area contributed by atoms with Gasteiger partial charge in [-0.25, -0.2) is 4.79 Å². The Morgan fingerprint density at radius 1 is 1.35 bits per heavy atom.